The van der Waals surface area contributed by atoms with Crippen molar-refractivity contribution < 1.29 is 19.8 Å². The van der Waals surface area contributed by atoms with E-state index in [1.165, 1.54) is 0 Å². The number of hydrogen-bond acceptors (Lipinski definition) is 6. The van der Waals surface area contributed by atoms with Crippen molar-refractivity contribution in [1.82, 2.24) is 20.6 Å². The standard InChI is InChI=1S/C24H30N4O4/c1-13(2)19(23(29)30)25-11-17-9-7-15-5-6-16-8-10-18(28-22(16)21(15)27-17)12-26-20(14(3)4)24(31)32/h5-10,13-14,19-20,25-26H,11-12H2,1-4H3,(H,29,30)(H,31,32). The fraction of sp³-hybridized carbons (Fsp3) is 0.417. The van der Waals surface area contributed by atoms with Crippen molar-refractivity contribution in [3.05, 3.63) is 47.8 Å². The van der Waals surface area contributed by atoms with E-state index in [2.05, 4.69) is 10.6 Å². The number of rotatable bonds is 10. The summed E-state index contributed by atoms with van der Waals surface area (Å²) in [4.78, 5) is 32.4. The predicted molar refractivity (Wildman–Crippen MR) is 123 cm³/mol. The molecule has 0 bridgehead atoms. The van der Waals surface area contributed by atoms with Crippen molar-refractivity contribution in [2.45, 2.75) is 52.9 Å². The summed E-state index contributed by atoms with van der Waals surface area (Å²) in [5.74, 6) is -1.87. The first-order valence-corrected chi connectivity index (χ1v) is 10.8. The molecule has 4 N–H and O–H groups in total. The molecule has 2 heterocycles. The maximum atomic E-state index is 11.4. The van der Waals surface area contributed by atoms with E-state index >= 15 is 0 Å². The fourth-order valence-corrected chi connectivity index (χ4v) is 3.69. The topological polar surface area (TPSA) is 124 Å². The highest BCUT2D eigenvalue weighted by Crippen LogP contribution is 2.23. The molecule has 0 aliphatic rings. The van der Waals surface area contributed by atoms with Gasteiger partial charge in [-0.15, -0.1) is 0 Å². The molecule has 0 fully saturated rings. The van der Waals surface area contributed by atoms with Crippen LogP contribution < -0.4 is 10.6 Å². The van der Waals surface area contributed by atoms with Gasteiger partial charge in [-0.2, -0.15) is 0 Å². The van der Waals surface area contributed by atoms with Gasteiger partial charge in [-0.3, -0.25) is 20.2 Å². The number of fused-ring (bicyclic) bond motifs is 3. The van der Waals surface area contributed by atoms with E-state index in [1.807, 2.05) is 64.1 Å². The molecule has 170 valence electrons. The van der Waals surface area contributed by atoms with Crippen LogP contribution in [-0.4, -0.2) is 44.2 Å². The highest BCUT2D eigenvalue weighted by atomic mass is 16.4. The van der Waals surface area contributed by atoms with Gasteiger partial charge in [-0.25, -0.2) is 9.97 Å². The second-order valence-corrected chi connectivity index (χ2v) is 8.70. The largest absolute Gasteiger partial charge is 0.480 e. The zero-order valence-electron chi connectivity index (χ0n) is 18.8. The summed E-state index contributed by atoms with van der Waals surface area (Å²) >= 11 is 0. The van der Waals surface area contributed by atoms with Crippen LogP contribution in [0, 0.1) is 11.8 Å². The minimum absolute atomic E-state index is 0.0500. The number of carbonyl (C=O) groups is 2. The van der Waals surface area contributed by atoms with Crippen molar-refractivity contribution in [3.8, 4) is 0 Å². The first-order chi connectivity index (χ1) is 15.2. The molecule has 8 nitrogen and oxygen atoms in total. The van der Waals surface area contributed by atoms with Gasteiger partial charge in [0.1, 0.15) is 12.1 Å². The molecular formula is C24H30N4O4. The van der Waals surface area contributed by atoms with E-state index < -0.39 is 24.0 Å². The fourth-order valence-electron chi connectivity index (χ4n) is 3.69. The van der Waals surface area contributed by atoms with Crippen LogP contribution in [0.3, 0.4) is 0 Å². The second-order valence-electron chi connectivity index (χ2n) is 8.70. The molecule has 3 aromatic rings. The summed E-state index contributed by atoms with van der Waals surface area (Å²) in [6.07, 6.45) is 0. The average molecular weight is 439 g/mol. The molecular weight excluding hydrogens is 408 g/mol. The van der Waals surface area contributed by atoms with Gasteiger partial charge in [0.05, 0.1) is 22.4 Å². The van der Waals surface area contributed by atoms with E-state index in [1.54, 1.807) is 0 Å². The van der Waals surface area contributed by atoms with E-state index in [0.717, 1.165) is 33.2 Å². The summed E-state index contributed by atoms with van der Waals surface area (Å²) in [5.41, 5.74) is 2.93. The van der Waals surface area contributed by atoms with E-state index in [-0.39, 0.29) is 11.8 Å². The molecule has 0 radical (unpaired) electrons. The lowest BCUT2D eigenvalue weighted by atomic mass is 10.0. The number of nitrogens with zero attached hydrogens (tertiary/aromatic N) is 2. The molecule has 0 saturated carbocycles. The number of carboxylic acid groups (broad SMARTS) is 2. The Morgan fingerprint density at radius 3 is 1.38 bits per heavy atom. The van der Waals surface area contributed by atoms with Crippen molar-refractivity contribution in [1.29, 1.82) is 0 Å². The van der Waals surface area contributed by atoms with Crippen molar-refractivity contribution in [2.24, 2.45) is 11.8 Å². The summed E-state index contributed by atoms with van der Waals surface area (Å²) in [6, 6.07) is 10.3. The molecule has 0 aliphatic heterocycles. The third-order valence-electron chi connectivity index (χ3n) is 5.51. The van der Waals surface area contributed by atoms with Gasteiger partial charge in [-0.1, -0.05) is 52.0 Å². The Labute approximate surface area is 187 Å². The van der Waals surface area contributed by atoms with Crippen molar-refractivity contribution in [2.75, 3.05) is 0 Å². The van der Waals surface area contributed by atoms with Crippen LogP contribution in [0.15, 0.2) is 36.4 Å². The molecule has 2 aromatic heterocycles. The smallest absolute Gasteiger partial charge is 0.320 e. The van der Waals surface area contributed by atoms with Crippen LogP contribution in [0.2, 0.25) is 0 Å². The van der Waals surface area contributed by atoms with Gasteiger partial charge in [-0.05, 0) is 24.0 Å². The first-order valence-electron chi connectivity index (χ1n) is 10.8. The Kier molecular flexibility index (Phi) is 7.37. The Morgan fingerprint density at radius 1 is 0.719 bits per heavy atom. The lowest BCUT2D eigenvalue weighted by molar-refractivity contribution is -0.141. The molecule has 0 spiro atoms. The molecule has 2 unspecified atom stereocenters. The van der Waals surface area contributed by atoms with Crippen LogP contribution in [0.4, 0.5) is 0 Å². The normalized spacial score (nSPS) is 13.7. The molecule has 1 aromatic carbocycles. The third kappa shape index (κ3) is 5.38. The highest BCUT2D eigenvalue weighted by Gasteiger charge is 2.21. The molecule has 0 saturated heterocycles. The van der Waals surface area contributed by atoms with Gasteiger partial charge in [0.15, 0.2) is 0 Å². The molecule has 0 aliphatic carbocycles. The second kappa shape index (κ2) is 10.0. The summed E-state index contributed by atoms with van der Waals surface area (Å²) in [5, 5.41) is 26.8. The predicted octanol–water partition coefficient (Wildman–Crippen LogP) is 3.18. The van der Waals surface area contributed by atoms with Gasteiger partial charge in [0.2, 0.25) is 0 Å². The van der Waals surface area contributed by atoms with Crippen LogP contribution >= 0.6 is 0 Å². The van der Waals surface area contributed by atoms with Crippen molar-refractivity contribution in [3.63, 3.8) is 0 Å². The third-order valence-corrected chi connectivity index (χ3v) is 5.51. The Bertz CT molecular complexity index is 1040. The lowest BCUT2D eigenvalue weighted by Gasteiger charge is -2.18. The zero-order valence-corrected chi connectivity index (χ0v) is 18.8. The zero-order chi connectivity index (χ0) is 23.4. The molecule has 2 atom stereocenters. The Hall–Kier alpha value is -3.10. The maximum absolute atomic E-state index is 11.4. The van der Waals surface area contributed by atoms with E-state index in [0.29, 0.717) is 13.1 Å². The number of nitrogens with one attached hydrogen (secondary N) is 2. The quantitative estimate of drug-likeness (QED) is 0.356. The van der Waals surface area contributed by atoms with Gasteiger partial charge >= 0.3 is 11.9 Å². The Morgan fingerprint density at radius 2 is 1.06 bits per heavy atom. The van der Waals surface area contributed by atoms with Gasteiger partial charge in [0.25, 0.3) is 0 Å². The maximum Gasteiger partial charge on any atom is 0.320 e. The van der Waals surface area contributed by atoms with E-state index in [9.17, 15) is 19.8 Å². The molecule has 8 heteroatoms. The molecule has 0 amide bonds. The number of aliphatic carboxylic acids is 2. The van der Waals surface area contributed by atoms with Crippen LogP contribution in [0.1, 0.15) is 39.1 Å². The highest BCUT2D eigenvalue weighted by molar-refractivity contribution is 6.02. The summed E-state index contributed by atoms with van der Waals surface area (Å²) in [7, 11) is 0. The number of hydrogen-bond donors (Lipinski definition) is 4. The van der Waals surface area contributed by atoms with Gasteiger partial charge < -0.3 is 10.2 Å². The summed E-state index contributed by atoms with van der Waals surface area (Å²) < 4.78 is 0. The number of aromatic nitrogens is 2. The first kappa shape index (κ1) is 23.6. The number of carboxylic acids is 2. The SMILES string of the molecule is CC(C)C(NCc1ccc2ccc3ccc(CNC(C(=O)O)C(C)C)nc3c2n1)C(=O)O. The lowest BCUT2D eigenvalue weighted by Crippen LogP contribution is -2.40. The monoisotopic (exact) mass is 438 g/mol. The minimum atomic E-state index is -0.883. The number of pyridine rings is 2. The molecule has 32 heavy (non-hydrogen) atoms. The summed E-state index contributed by atoms with van der Waals surface area (Å²) in [6.45, 7) is 8.11. The Balaban J connectivity index is 1.89. The van der Waals surface area contributed by atoms with E-state index in [4.69, 9.17) is 9.97 Å². The average Bonchev–Trinajstić information content (AvgIpc) is 2.72. The van der Waals surface area contributed by atoms with Crippen molar-refractivity contribution >= 4 is 33.7 Å². The van der Waals surface area contributed by atoms with Crippen LogP contribution in [-0.2, 0) is 22.7 Å². The number of benzene rings is 1. The van der Waals surface area contributed by atoms with Crippen LogP contribution in [0.5, 0.6) is 0 Å². The molecule has 3 rings (SSSR count). The minimum Gasteiger partial charge on any atom is -0.480 e. The van der Waals surface area contributed by atoms with Gasteiger partial charge in [0, 0.05) is 23.9 Å². The van der Waals surface area contributed by atoms with Crippen LogP contribution in [0.25, 0.3) is 21.8 Å².